The Morgan fingerprint density at radius 2 is 1.80 bits per heavy atom. The Hall–Kier alpha value is 1.94. The van der Waals surface area contributed by atoms with E-state index in [1.54, 1.807) is 0 Å². The van der Waals surface area contributed by atoms with E-state index in [0.717, 1.165) is 7.26 Å². The van der Waals surface area contributed by atoms with E-state index in [1.165, 1.54) is 0 Å². The zero-order valence-electron chi connectivity index (χ0n) is 2.42. The fourth-order valence-electron chi connectivity index (χ4n) is 0. The Morgan fingerprint density at radius 3 is 1.80 bits per heavy atom. The van der Waals surface area contributed by atoms with Gasteiger partial charge in [-0.2, -0.15) is 0 Å². The van der Waals surface area contributed by atoms with Crippen LogP contribution in [0.4, 0.5) is 0 Å². The predicted octanol–water partition coefficient (Wildman–Crippen LogP) is 2.58. The molecule has 0 spiro atoms. The summed E-state index contributed by atoms with van der Waals surface area (Å²) in [7, 11) is 0. The summed E-state index contributed by atoms with van der Waals surface area (Å²) in [6.45, 7) is 0. The van der Waals surface area contributed by atoms with E-state index in [1.807, 2.05) is 0 Å². The van der Waals surface area contributed by atoms with Crippen LogP contribution in [-0.4, -0.2) is 7.26 Å². The van der Waals surface area contributed by atoms with Gasteiger partial charge >= 0.3 is 0 Å². The summed E-state index contributed by atoms with van der Waals surface area (Å²) in [6.07, 6.45) is 0. The first-order chi connectivity index (χ1) is 2.27. The molecule has 0 aromatic heterocycles. The van der Waals surface area contributed by atoms with Crippen molar-refractivity contribution < 1.29 is 0 Å². The van der Waals surface area contributed by atoms with Gasteiger partial charge in [0.1, 0.15) is 0 Å². The van der Waals surface area contributed by atoms with E-state index in [2.05, 4.69) is 61.1 Å². The molecule has 0 bridgehead atoms. The summed E-state index contributed by atoms with van der Waals surface area (Å²) in [4.78, 5) is 0. The van der Waals surface area contributed by atoms with Gasteiger partial charge in [-0.3, -0.25) is 0 Å². The molecule has 0 unspecified atom stereocenters. The molecule has 0 aromatic carbocycles. The minimum Gasteiger partial charge on any atom is -0.0908 e. The second kappa shape index (κ2) is 4.11. The fraction of sp³-hybridized carbons (Fsp3) is 1.00. The van der Waals surface area contributed by atoms with Crippen molar-refractivity contribution in [3.8, 4) is 0 Å². The van der Waals surface area contributed by atoms with Crippen molar-refractivity contribution >= 4 is 61.1 Å². The second-order valence-corrected chi connectivity index (χ2v) is 6.58. The molecule has 0 heterocycles. The van der Waals surface area contributed by atoms with Gasteiger partial charge < -0.3 is 0 Å². The van der Waals surface area contributed by atoms with Gasteiger partial charge in [0.25, 0.3) is 0 Å². The Balaban J connectivity index is 2.54. The minimum atomic E-state index is 0.741. The molecule has 0 fully saturated rings. The van der Waals surface area contributed by atoms with Gasteiger partial charge in [0.2, 0.25) is 0 Å². The SMILES string of the molecule is BrCC(I)I. The third-order valence-corrected chi connectivity index (χ3v) is 4.07. The standard InChI is InChI=1S/C2H3BrI2/c3-1-2(4)5/h2H,1H2. The molecule has 0 aliphatic carbocycles. The molecule has 0 aromatic rings. The van der Waals surface area contributed by atoms with E-state index < -0.39 is 0 Å². The molecule has 0 saturated heterocycles. The van der Waals surface area contributed by atoms with Crippen LogP contribution in [0.5, 0.6) is 0 Å². The molecule has 0 saturated carbocycles. The maximum Gasteiger partial charge on any atom is 0.0723 e. The van der Waals surface area contributed by atoms with Crippen molar-refractivity contribution in [2.75, 3.05) is 5.33 Å². The number of halogens is 3. The lowest BCUT2D eigenvalue weighted by Gasteiger charge is -1.84. The number of hydrogen-bond donors (Lipinski definition) is 0. The molecule has 3 heteroatoms. The van der Waals surface area contributed by atoms with Crippen molar-refractivity contribution in [3.05, 3.63) is 0 Å². The van der Waals surface area contributed by atoms with Crippen molar-refractivity contribution in [2.24, 2.45) is 0 Å². The second-order valence-electron chi connectivity index (χ2n) is 0.545. The first-order valence-corrected chi connectivity index (χ1v) is 4.72. The molecule has 0 amide bonds. The summed E-state index contributed by atoms with van der Waals surface area (Å²) < 4.78 is 0.741. The highest BCUT2D eigenvalue weighted by Gasteiger charge is 1.86. The molecule has 0 aliphatic heterocycles. The number of hydrogen-bond acceptors (Lipinski definition) is 0. The van der Waals surface area contributed by atoms with Crippen LogP contribution in [0.3, 0.4) is 0 Å². The quantitative estimate of drug-likeness (QED) is 0.498. The highest BCUT2D eigenvalue weighted by molar-refractivity contribution is 14.2. The van der Waals surface area contributed by atoms with Crippen molar-refractivity contribution in [1.82, 2.24) is 0 Å². The summed E-state index contributed by atoms with van der Waals surface area (Å²) in [5.74, 6) is 0. The Labute approximate surface area is 67.5 Å². The molecule has 0 radical (unpaired) electrons. The molecule has 5 heavy (non-hydrogen) atoms. The van der Waals surface area contributed by atoms with Crippen molar-refractivity contribution in [3.63, 3.8) is 0 Å². The third-order valence-electron chi connectivity index (χ3n) is 0.117. The van der Waals surface area contributed by atoms with Crippen LogP contribution in [0.2, 0.25) is 0 Å². The maximum atomic E-state index is 3.30. The van der Waals surface area contributed by atoms with E-state index >= 15 is 0 Å². The van der Waals surface area contributed by atoms with Crippen LogP contribution < -0.4 is 0 Å². The Bertz CT molecular complexity index is 21.6. The monoisotopic (exact) mass is 360 g/mol. The summed E-state index contributed by atoms with van der Waals surface area (Å²) >= 11 is 7.99. The lowest BCUT2D eigenvalue weighted by molar-refractivity contribution is 1.59. The van der Waals surface area contributed by atoms with Gasteiger partial charge in [-0.25, -0.2) is 0 Å². The van der Waals surface area contributed by atoms with Crippen molar-refractivity contribution in [1.29, 1.82) is 0 Å². The Morgan fingerprint density at radius 1 is 1.60 bits per heavy atom. The molecular weight excluding hydrogens is 358 g/mol. The summed E-state index contributed by atoms with van der Waals surface area (Å²) in [5, 5.41) is 1.09. The number of alkyl halides is 3. The van der Waals surface area contributed by atoms with Gasteiger partial charge in [-0.1, -0.05) is 61.1 Å². The number of rotatable bonds is 1. The van der Waals surface area contributed by atoms with Gasteiger partial charge in [-0.05, 0) is 0 Å². The first-order valence-electron chi connectivity index (χ1n) is 1.11. The highest BCUT2D eigenvalue weighted by atomic mass is 127. The molecule has 0 atom stereocenters. The van der Waals surface area contributed by atoms with Crippen LogP contribution >= 0.6 is 61.1 Å². The lowest BCUT2D eigenvalue weighted by atomic mass is 11.0. The topological polar surface area (TPSA) is 0 Å². The predicted molar refractivity (Wildman–Crippen MR) is 45.6 cm³/mol. The largest absolute Gasteiger partial charge is 0.0908 e. The molecule has 0 rings (SSSR count). The van der Waals surface area contributed by atoms with Gasteiger partial charge in [-0.15, -0.1) is 0 Å². The fourth-order valence-corrected chi connectivity index (χ4v) is 0. The van der Waals surface area contributed by atoms with Crippen LogP contribution in [0.25, 0.3) is 0 Å². The summed E-state index contributed by atoms with van der Waals surface area (Å²) in [5.41, 5.74) is 0. The smallest absolute Gasteiger partial charge is 0.0723 e. The first kappa shape index (κ1) is 6.94. The van der Waals surface area contributed by atoms with Crippen LogP contribution in [0.1, 0.15) is 0 Å². The van der Waals surface area contributed by atoms with Crippen LogP contribution in [0, 0.1) is 0 Å². The Kier molecular flexibility index (Phi) is 5.70. The average molecular weight is 361 g/mol. The van der Waals surface area contributed by atoms with Gasteiger partial charge in [0.15, 0.2) is 0 Å². The molecule has 0 N–H and O–H groups in total. The molecular formula is C2H3BrI2. The molecule has 0 aliphatic rings. The van der Waals surface area contributed by atoms with Gasteiger partial charge in [0.05, 0.1) is 1.93 Å². The molecule has 0 nitrogen and oxygen atoms in total. The lowest BCUT2D eigenvalue weighted by Crippen LogP contribution is -1.78. The van der Waals surface area contributed by atoms with E-state index in [-0.39, 0.29) is 0 Å². The van der Waals surface area contributed by atoms with E-state index in [0.29, 0.717) is 0 Å². The van der Waals surface area contributed by atoms with E-state index in [9.17, 15) is 0 Å². The third kappa shape index (κ3) is 5.94. The minimum absolute atomic E-state index is 0.741. The van der Waals surface area contributed by atoms with Crippen molar-refractivity contribution in [2.45, 2.75) is 1.93 Å². The average Bonchev–Trinajstić information content (AvgIpc) is 1.38. The summed E-state index contributed by atoms with van der Waals surface area (Å²) in [6, 6.07) is 0. The molecule has 32 valence electrons. The maximum absolute atomic E-state index is 3.30. The zero-order valence-corrected chi connectivity index (χ0v) is 8.32. The van der Waals surface area contributed by atoms with Crippen LogP contribution in [0.15, 0.2) is 0 Å². The van der Waals surface area contributed by atoms with Gasteiger partial charge in [0, 0.05) is 5.33 Å². The zero-order chi connectivity index (χ0) is 4.28. The van der Waals surface area contributed by atoms with E-state index in [4.69, 9.17) is 0 Å². The van der Waals surface area contributed by atoms with Crippen LogP contribution in [-0.2, 0) is 0 Å². The normalized spacial score (nSPS) is 9.60. The highest BCUT2D eigenvalue weighted by Crippen LogP contribution is 2.10.